The van der Waals surface area contributed by atoms with Crippen molar-refractivity contribution in [2.24, 2.45) is 0 Å². The summed E-state index contributed by atoms with van der Waals surface area (Å²) >= 11 is 13.1. The molecule has 106 valence electrons. The van der Waals surface area contributed by atoms with E-state index in [4.69, 9.17) is 28.3 Å². The molecule has 0 radical (unpaired) electrons. The highest BCUT2D eigenvalue weighted by atomic mass is 35.5. The number of carboxylic acids is 1. The molecule has 0 spiro atoms. The molecule has 1 unspecified atom stereocenters. The molecule has 0 aliphatic rings. The van der Waals surface area contributed by atoms with Crippen LogP contribution < -0.4 is 5.32 Å². The zero-order valence-electron chi connectivity index (χ0n) is 10.6. The van der Waals surface area contributed by atoms with Crippen molar-refractivity contribution in [2.45, 2.75) is 19.5 Å². The molecule has 1 atom stereocenters. The summed E-state index contributed by atoms with van der Waals surface area (Å²) in [6, 6.07) is 5.36. The Hall–Kier alpha value is -1.14. The number of hydrogen-bond acceptors (Lipinski definition) is 4. The van der Waals surface area contributed by atoms with Crippen LogP contribution in [0.2, 0.25) is 10.0 Å². The van der Waals surface area contributed by atoms with E-state index in [0.717, 1.165) is 16.9 Å². The Balaban J connectivity index is 2.00. The summed E-state index contributed by atoms with van der Waals surface area (Å²) in [5.41, 5.74) is 1.63. The number of halogens is 2. The lowest BCUT2D eigenvalue weighted by Crippen LogP contribution is -2.18. The summed E-state index contributed by atoms with van der Waals surface area (Å²) in [6.45, 7) is 2.45. The second kappa shape index (κ2) is 6.54. The molecule has 0 saturated heterocycles. The highest BCUT2D eigenvalue weighted by molar-refractivity contribution is 7.11. The predicted molar refractivity (Wildman–Crippen MR) is 80.8 cm³/mol. The number of carbonyl (C=O) groups is 1. The Kier molecular flexibility index (Phi) is 4.99. The molecule has 0 saturated carbocycles. The van der Waals surface area contributed by atoms with Crippen LogP contribution in [0.4, 0.5) is 0 Å². The van der Waals surface area contributed by atoms with E-state index in [1.54, 1.807) is 17.5 Å². The minimum absolute atomic E-state index is 0.00902. The largest absolute Gasteiger partial charge is 0.476 e. The third kappa shape index (κ3) is 3.70. The minimum Gasteiger partial charge on any atom is -0.476 e. The molecule has 1 aromatic heterocycles. The van der Waals surface area contributed by atoms with Crippen LogP contribution in [0.25, 0.3) is 0 Å². The van der Waals surface area contributed by atoms with Crippen molar-refractivity contribution >= 4 is 40.5 Å². The SMILES string of the molecule is CC(NCc1csc(C(=O)O)n1)c1ccc(Cl)cc1Cl. The van der Waals surface area contributed by atoms with Crippen molar-refractivity contribution in [2.75, 3.05) is 0 Å². The maximum absolute atomic E-state index is 10.7. The molecule has 2 N–H and O–H groups in total. The number of rotatable bonds is 5. The van der Waals surface area contributed by atoms with Crippen molar-refractivity contribution in [3.63, 3.8) is 0 Å². The van der Waals surface area contributed by atoms with Gasteiger partial charge in [0.1, 0.15) is 0 Å². The molecular formula is C13H12Cl2N2O2S. The number of nitrogens with zero attached hydrogens (tertiary/aromatic N) is 1. The topological polar surface area (TPSA) is 62.2 Å². The summed E-state index contributed by atoms with van der Waals surface area (Å²) in [6.07, 6.45) is 0. The van der Waals surface area contributed by atoms with E-state index in [-0.39, 0.29) is 11.0 Å². The second-order valence-electron chi connectivity index (χ2n) is 4.22. The average molecular weight is 331 g/mol. The van der Waals surface area contributed by atoms with Gasteiger partial charge in [-0.3, -0.25) is 0 Å². The van der Waals surface area contributed by atoms with Crippen molar-refractivity contribution in [1.82, 2.24) is 10.3 Å². The third-order valence-corrected chi connectivity index (χ3v) is 4.19. The van der Waals surface area contributed by atoms with Gasteiger partial charge in [-0.05, 0) is 24.6 Å². The summed E-state index contributed by atoms with van der Waals surface area (Å²) in [5.74, 6) is -1.00. The van der Waals surface area contributed by atoms with Gasteiger partial charge in [0.05, 0.1) is 5.69 Å². The second-order valence-corrected chi connectivity index (χ2v) is 5.92. The molecule has 1 aromatic carbocycles. The van der Waals surface area contributed by atoms with Crippen LogP contribution in [0, 0.1) is 0 Å². The van der Waals surface area contributed by atoms with Crippen LogP contribution in [0.5, 0.6) is 0 Å². The Morgan fingerprint density at radius 1 is 1.50 bits per heavy atom. The number of thiazole rings is 1. The molecule has 2 aromatic rings. The van der Waals surface area contributed by atoms with E-state index in [9.17, 15) is 4.79 Å². The van der Waals surface area contributed by atoms with Gasteiger partial charge in [0.15, 0.2) is 0 Å². The number of aromatic carboxylic acids is 1. The highest BCUT2D eigenvalue weighted by Crippen LogP contribution is 2.26. The molecule has 0 fully saturated rings. The molecule has 7 heteroatoms. The van der Waals surface area contributed by atoms with E-state index in [2.05, 4.69) is 10.3 Å². The molecule has 1 heterocycles. The maximum Gasteiger partial charge on any atom is 0.365 e. The van der Waals surface area contributed by atoms with E-state index in [0.29, 0.717) is 22.3 Å². The van der Waals surface area contributed by atoms with Gasteiger partial charge in [-0.1, -0.05) is 29.3 Å². The lowest BCUT2D eigenvalue weighted by atomic mass is 10.1. The quantitative estimate of drug-likeness (QED) is 0.869. The lowest BCUT2D eigenvalue weighted by Gasteiger charge is -2.15. The molecule has 0 aliphatic carbocycles. The standard InChI is InChI=1S/C13H12Cl2N2O2S/c1-7(10-3-2-8(14)4-11(10)15)16-5-9-6-20-12(17-9)13(18)19/h2-4,6-7,16H,5H2,1H3,(H,18,19). The van der Waals surface area contributed by atoms with Crippen LogP contribution in [-0.4, -0.2) is 16.1 Å². The Bertz CT molecular complexity index is 631. The van der Waals surface area contributed by atoms with Crippen LogP contribution in [0.15, 0.2) is 23.6 Å². The van der Waals surface area contributed by atoms with Crippen molar-refractivity contribution in [3.8, 4) is 0 Å². The molecular weight excluding hydrogens is 319 g/mol. The van der Waals surface area contributed by atoms with Gasteiger partial charge in [0, 0.05) is 28.0 Å². The fourth-order valence-corrected chi connectivity index (χ4v) is 2.93. The highest BCUT2D eigenvalue weighted by Gasteiger charge is 2.12. The normalized spacial score (nSPS) is 12.3. The fraction of sp³-hybridized carbons (Fsp3) is 0.231. The predicted octanol–water partition coefficient (Wildman–Crippen LogP) is 4.00. The summed E-state index contributed by atoms with van der Waals surface area (Å²) in [7, 11) is 0. The van der Waals surface area contributed by atoms with E-state index in [1.165, 1.54) is 0 Å². The van der Waals surface area contributed by atoms with Crippen LogP contribution in [-0.2, 0) is 6.54 Å². The van der Waals surface area contributed by atoms with Crippen molar-refractivity contribution < 1.29 is 9.90 Å². The fourth-order valence-electron chi connectivity index (χ4n) is 1.71. The van der Waals surface area contributed by atoms with Gasteiger partial charge in [0.25, 0.3) is 0 Å². The van der Waals surface area contributed by atoms with Crippen LogP contribution in [0.3, 0.4) is 0 Å². The molecule has 0 bridgehead atoms. The first-order valence-electron chi connectivity index (χ1n) is 5.83. The first kappa shape index (κ1) is 15.3. The van der Waals surface area contributed by atoms with Crippen LogP contribution in [0.1, 0.15) is 34.0 Å². The summed E-state index contributed by atoms with van der Waals surface area (Å²) in [5, 5.41) is 15.1. The smallest absolute Gasteiger partial charge is 0.365 e. The first-order valence-corrected chi connectivity index (χ1v) is 7.47. The zero-order chi connectivity index (χ0) is 14.7. The number of aromatic nitrogens is 1. The van der Waals surface area contributed by atoms with E-state index >= 15 is 0 Å². The van der Waals surface area contributed by atoms with Gasteiger partial charge in [-0.25, -0.2) is 9.78 Å². The monoisotopic (exact) mass is 330 g/mol. The summed E-state index contributed by atoms with van der Waals surface area (Å²) in [4.78, 5) is 14.8. The maximum atomic E-state index is 10.7. The molecule has 0 aliphatic heterocycles. The zero-order valence-corrected chi connectivity index (χ0v) is 12.9. The first-order chi connectivity index (χ1) is 9.47. The Morgan fingerprint density at radius 2 is 2.25 bits per heavy atom. The van der Waals surface area contributed by atoms with Gasteiger partial charge in [-0.15, -0.1) is 11.3 Å². The van der Waals surface area contributed by atoms with E-state index < -0.39 is 5.97 Å². The molecule has 2 rings (SSSR count). The van der Waals surface area contributed by atoms with Gasteiger partial charge in [0.2, 0.25) is 5.01 Å². The van der Waals surface area contributed by atoms with Crippen molar-refractivity contribution in [1.29, 1.82) is 0 Å². The number of benzene rings is 1. The van der Waals surface area contributed by atoms with Gasteiger partial charge >= 0.3 is 5.97 Å². The molecule has 4 nitrogen and oxygen atoms in total. The number of carboxylic acid groups (broad SMARTS) is 1. The lowest BCUT2D eigenvalue weighted by molar-refractivity contribution is 0.0696. The van der Waals surface area contributed by atoms with Crippen molar-refractivity contribution in [3.05, 3.63) is 49.9 Å². The number of hydrogen-bond donors (Lipinski definition) is 2. The average Bonchev–Trinajstić information content (AvgIpc) is 2.85. The minimum atomic E-state index is -1.00. The Morgan fingerprint density at radius 3 is 2.85 bits per heavy atom. The number of nitrogens with one attached hydrogen (secondary N) is 1. The molecule has 20 heavy (non-hydrogen) atoms. The van der Waals surface area contributed by atoms with Gasteiger partial charge in [-0.2, -0.15) is 0 Å². The summed E-state index contributed by atoms with van der Waals surface area (Å²) < 4.78 is 0. The Labute approximate surface area is 130 Å². The van der Waals surface area contributed by atoms with E-state index in [1.807, 2.05) is 13.0 Å². The van der Waals surface area contributed by atoms with Gasteiger partial charge < -0.3 is 10.4 Å². The van der Waals surface area contributed by atoms with Crippen LogP contribution >= 0.6 is 34.5 Å². The third-order valence-electron chi connectivity index (χ3n) is 2.75. The molecule has 0 amide bonds.